The fraction of sp³-hybridized carbons (Fsp3) is 0.182. The summed E-state index contributed by atoms with van der Waals surface area (Å²) in [5.41, 5.74) is 0. The third-order valence-corrected chi connectivity index (χ3v) is 1.85. The molecule has 0 amide bonds. The first-order valence-corrected chi connectivity index (χ1v) is 5.03. The molecule has 0 aromatic carbocycles. The molecule has 0 N–H and O–H groups in total. The molecule has 5 nitrogen and oxygen atoms in total. The lowest BCUT2D eigenvalue weighted by Gasteiger charge is -2.06. The molecule has 0 bridgehead atoms. The fourth-order valence-corrected chi connectivity index (χ4v) is 1.17. The van der Waals surface area contributed by atoms with Crippen LogP contribution in [0.4, 0.5) is 4.39 Å². The molecule has 2 aromatic rings. The van der Waals surface area contributed by atoms with Gasteiger partial charge in [-0.25, -0.2) is 15.0 Å². The molecule has 0 aliphatic carbocycles. The third-order valence-electron chi connectivity index (χ3n) is 1.85. The van der Waals surface area contributed by atoms with E-state index in [4.69, 9.17) is 9.47 Å². The maximum absolute atomic E-state index is 13.2. The van der Waals surface area contributed by atoms with Crippen LogP contribution in [0.1, 0.15) is 6.92 Å². The quantitative estimate of drug-likeness (QED) is 0.760. The van der Waals surface area contributed by atoms with Gasteiger partial charge in [-0.1, -0.05) is 0 Å². The molecule has 0 saturated heterocycles. The van der Waals surface area contributed by atoms with E-state index in [1.165, 1.54) is 24.7 Å². The van der Waals surface area contributed by atoms with E-state index in [1.807, 2.05) is 6.92 Å². The highest BCUT2D eigenvalue weighted by Crippen LogP contribution is 2.22. The Morgan fingerprint density at radius 3 is 2.82 bits per heavy atom. The zero-order chi connectivity index (χ0) is 12.1. The lowest BCUT2D eigenvalue weighted by Crippen LogP contribution is -1.97. The summed E-state index contributed by atoms with van der Waals surface area (Å²) in [5.74, 6) is -0.102. The van der Waals surface area contributed by atoms with Gasteiger partial charge in [0.1, 0.15) is 6.33 Å². The minimum Gasteiger partial charge on any atom is -0.478 e. The Labute approximate surface area is 97.3 Å². The summed E-state index contributed by atoms with van der Waals surface area (Å²) in [6, 6.07) is 4.52. The molecule has 0 fully saturated rings. The Morgan fingerprint density at radius 2 is 2.06 bits per heavy atom. The number of nitrogens with zero attached hydrogens (tertiary/aromatic N) is 3. The Kier molecular flexibility index (Phi) is 3.44. The average molecular weight is 235 g/mol. The number of ether oxygens (including phenoxy) is 2. The second-order valence-electron chi connectivity index (χ2n) is 3.02. The summed E-state index contributed by atoms with van der Waals surface area (Å²) in [7, 11) is 0. The van der Waals surface area contributed by atoms with Gasteiger partial charge >= 0.3 is 0 Å². The highest BCUT2D eigenvalue weighted by molar-refractivity contribution is 5.26. The van der Waals surface area contributed by atoms with Crippen molar-refractivity contribution < 1.29 is 13.9 Å². The Bertz CT molecular complexity index is 508. The molecule has 0 atom stereocenters. The Morgan fingerprint density at radius 1 is 1.24 bits per heavy atom. The number of halogens is 1. The number of hydrogen-bond donors (Lipinski definition) is 0. The van der Waals surface area contributed by atoms with E-state index in [2.05, 4.69) is 15.0 Å². The smallest absolute Gasteiger partial charge is 0.255 e. The van der Waals surface area contributed by atoms with Crippen molar-refractivity contribution in [3.8, 4) is 17.5 Å². The highest BCUT2D eigenvalue weighted by Gasteiger charge is 2.06. The van der Waals surface area contributed by atoms with E-state index < -0.39 is 5.95 Å². The molecule has 0 spiro atoms. The standard InChI is InChI=1S/C11H10FN3O2/c1-2-16-9-6-10(15-7-14-9)17-8-4-3-5-13-11(8)12/h3-7H,2H2,1H3. The van der Waals surface area contributed by atoms with E-state index in [1.54, 1.807) is 6.07 Å². The van der Waals surface area contributed by atoms with Gasteiger partial charge in [0, 0.05) is 6.20 Å². The van der Waals surface area contributed by atoms with E-state index in [0.29, 0.717) is 12.5 Å². The van der Waals surface area contributed by atoms with Gasteiger partial charge < -0.3 is 9.47 Å². The molecule has 2 rings (SSSR count). The third kappa shape index (κ3) is 2.87. The minimum absolute atomic E-state index is 0.00801. The van der Waals surface area contributed by atoms with Crippen LogP contribution in [0.25, 0.3) is 0 Å². The van der Waals surface area contributed by atoms with Crippen molar-refractivity contribution in [3.63, 3.8) is 0 Å². The normalized spacial score (nSPS) is 10.0. The summed E-state index contributed by atoms with van der Waals surface area (Å²) in [6.45, 7) is 2.32. The van der Waals surface area contributed by atoms with Gasteiger partial charge in [-0.2, -0.15) is 4.39 Å². The van der Waals surface area contributed by atoms with E-state index >= 15 is 0 Å². The Hall–Kier alpha value is -2.24. The van der Waals surface area contributed by atoms with E-state index in [9.17, 15) is 4.39 Å². The first-order valence-electron chi connectivity index (χ1n) is 5.03. The van der Waals surface area contributed by atoms with Crippen LogP contribution in [0.2, 0.25) is 0 Å². The topological polar surface area (TPSA) is 57.1 Å². The molecule has 88 valence electrons. The van der Waals surface area contributed by atoms with Gasteiger partial charge in [0.2, 0.25) is 11.8 Å². The van der Waals surface area contributed by atoms with Crippen molar-refractivity contribution in [2.24, 2.45) is 0 Å². The van der Waals surface area contributed by atoms with Crippen molar-refractivity contribution in [3.05, 3.63) is 36.7 Å². The number of pyridine rings is 1. The summed E-state index contributed by atoms with van der Waals surface area (Å²) in [4.78, 5) is 11.2. The molecule has 2 aromatic heterocycles. The predicted molar refractivity (Wildman–Crippen MR) is 57.5 cm³/mol. The van der Waals surface area contributed by atoms with Crippen LogP contribution in [0.3, 0.4) is 0 Å². The molecular weight excluding hydrogens is 225 g/mol. The Balaban J connectivity index is 2.18. The maximum atomic E-state index is 13.2. The van der Waals surface area contributed by atoms with Crippen molar-refractivity contribution in [1.82, 2.24) is 15.0 Å². The first-order chi connectivity index (χ1) is 8.29. The molecule has 2 heterocycles. The minimum atomic E-state index is -0.691. The summed E-state index contributed by atoms with van der Waals surface area (Å²) >= 11 is 0. The van der Waals surface area contributed by atoms with Crippen LogP contribution in [0, 0.1) is 5.95 Å². The van der Waals surface area contributed by atoms with E-state index in [-0.39, 0.29) is 11.6 Å². The zero-order valence-corrected chi connectivity index (χ0v) is 9.13. The number of aromatic nitrogens is 3. The average Bonchev–Trinajstić information content (AvgIpc) is 2.33. The van der Waals surface area contributed by atoms with Crippen molar-refractivity contribution in [1.29, 1.82) is 0 Å². The van der Waals surface area contributed by atoms with Gasteiger partial charge in [0.25, 0.3) is 5.95 Å². The summed E-state index contributed by atoms with van der Waals surface area (Å²) < 4.78 is 23.6. The van der Waals surface area contributed by atoms with Gasteiger partial charge in [-0.05, 0) is 19.1 Å². The molecule has 0 saturated carbocycles. The molecule has 0 unspecified atom stereocenters. The van der Waals surface area contributed by atoms with Crippen LogP contribution in [-0.2, 0) is 0 Å². The second-order valence-corrected chi connectivity index (χ2v) is 3.02. The van der Waals surface area contributed by atoms with Crippen LogP contribution in [-0.4, -0.2) is 21.6 Å². The second kappa shape index (κ2) is 5.20. The lowest BCUT2D eigenvalue weighted by molar-refractivity contribution is 0.322. The lowest BCUT2D eigenvalue weighted by atomic mass is 10.4. The van der Waals surface area contributed by atoms with Crippen molar-refractivity contribution in [2.75, 3.05) is 6.61 Å². The van der Waals surface area contributed by atoms with Crippen molar-refractivity contribution >= 4 is 0 Å². The summed E-state index contributed by atoms with van der Waals surface area (Å²) in [5, 5.41) is 0. The van der Waals surface area contributed by atoms with Gasteiger partial charge in [0.05, 0.1) is 12.7 Å². The maximum Gasteiger partial charge on any atom is 0.255 e. The highest BCUT2D eigenvalue weighted by atomic mass is 19.1. The van der Waals surface area contributed by atoms with Gasteiger partial charge in [-0.3, -0.25) is 0 Å². The van der Waals surface area contributed by atoms with Crippen molar-refractivity contribution in [2.45, 2.75) is 6.92 Å². The van der Waals surface area contributed by atoms with Crippen LogP contribution in [0.15, 0.2) is 30.7 Å². The molecule has 0 aliphatic rings. The summed E-state index contributed by atoms with van der Waals surface area (Å²) in [6.07, 6.45) is 2.63. The predicted octanol–water partition coefficient (Wildman–Crippen LogP) is 2.20. The van der Waals surface area contributed by atoms with Crippen LogP contribution >= 0.6 is 0 Å². The van der Waals surface area contributed by atoms with E-state index in [0.717, 1.165) is 0 Å². The fourth-order valence-electron chi connectivity index (χ4n) is 1.17. The monoisotopic (exact) mass is 235 g/mol. The molecular formula is C11H10FN3O2. The zero-order valence-electron chi connectivity index (χ0n) is 9.13. The van der Waals surface area contributed by atoms with Gasteiger partial charge in [0.15, 0.2) is 5.75 Å². The molecule has 6 heteroatoms. The SMILES string of the molecule is CCOc1cc(Oc2cccnc2F)ncn1. The van der Waals surface area contributed by atoms with Gasteiger partial charge in [-0.15, -0.1) is 0 Å². The largest absolute Gasteiger partial charge is 0.478 e. The number of rotatable bonds is 4. The molecule has 0 aliphatic heterocycles. The number of hydrogen-bond acceptors (Lipinski definition) is 5. The van der Waals surface area contributed by atoms with Crippen LogP contribution < -0.4 is 9.47 Å². The first kappa shape index (κ1) is 11.3. The molecule has 0 radical (unpaired) electrons. The van der Waals surface area contributed by atoms with Crippen LogP contribution in [0.5, 0.6) is 17.5 Å². The molecule has 17 heavy (non-hydrogen) atoms.